The van der Waals surface area contributed by atoms with E-state index in [4.69, 9.17) is 22.8 Å². The number of carboxylic acid groups (broad SMARTS) is 1. The second-order valence-electron chi connectivity index (χ2n) is 9.01. The Hall–Kier alpha value is -2.54. The van der Waals surface area contributed by atoms with Crippen molar-refractivity contribution in [3.63, 3.8) is 0 Å². The Balaban J connectivity index is 5.12. The van der Waals surface area contributed by atoms with Crippen molar-refractivity contribution in [2.24, 2.45) is 5.92 Å². The third-order valence-electron chi connectivity index (χ3n) is 5.72. The van der Waals surface area contributed by atoms with Crippen LogP contribution in [0.3, 0.4) is 0 Å². The van der Waals surface area contributed by atoms with Gasteiger partial charge >= 0.3 is 26.7 Å². The number of rotatable bonds is 22. The average molecular weight is 574 g/mol. The van der Waals surface area contributed by atoms with Gasteiger partial charge in [0.05, 0.1) is 5.92 Å². The van der Waals surface area contributed by atoms with Crippen molar-refractivity contribution in [1.29, 1.82) is 0 Å². The molecule has 1 amide bonds. The van der Waals surface area contributed by atoms with E-state index in [1.165, 1.54) is 13.8 Å². The molecular formula is C27H47NO10Si. The van der Waals surface area contributed by atoms with Gasteiger partial charge in [0.25, 0.3) is 0 Å². The molecule has 1 unspecified atom stereocenters. The van der Waals surface area contributed by atoms with Crippen LogP contribution in [0, 0.1) is 5.92 Å². The monoisotopic (exact) mass is 573 g/mol. The van der Waals surface area contributed by atoms with E-state index in [0.717, 1.165) is 0 Å². The second kappa shape index (κ2) is 19.5. The highest BCUT2D eigenvalue weighted by molar-refractivity contribution is 6.60. The smallest absolute Gasteiger partial charge is 0.481 e. The van der Waals surface area contributed by atoms with Gasteiger partial charge in [-0.2, -0.15) is 0 Å². The van der Waals surface area contributed by atoms with Crippen LogP contribution in [0.25, 0.3) is 0 Å². The molecule has 0 aliphatic rings. The number of esters is 2. The van der Waals surface area contributed by atoms with Gasteiger partial charge in [0, 0.05) is 62.9 Å². The van der Waals surface area contributed by atoms with Gasteiger partial charge in [-0.25, -0.2) is 9.59 Å². The van der Waals surface area contributed by atoms with Crippen LogP contribution in [0.5, 0.6) is 0 Å². The highest BCUT2D eigenvalue weighted by atomic mass is 28.4. The Morgan fingerprint density at radius 3 is 1.69 bits per heavy atom. The SMILES string of the molecule is C=C(C)C(=O)OC(CCC(CCC(=O)N(CC)CCC[Si](OCC)(OCC)OCC)C(=O)O)OC(=O)C(=C)C. The molecule has 0 aromatic rings. The molecule has 224 valence electrons. The van der Waals surface area contributed by atoms with Gasteiger partial charge in [0.1, 0.15) is 0 Å². The molecule has 0 aliphatic carbocycles. The standard InChI is InChI=1S/C27H47NO10Si/c1-9-28(18-13-19-39(34-10-2,35-11-3)36-12-4)23(29)16-14-22(25(30)31)15-17-24(37-26(32)20(5)6)38-27(33)21(7)8/h22,24H,5,7,9-19H2,1-4,6,8H3,(H,30,31). The Morgan fingerprint density at radius 2 is 1.31 bits per heavy atom. The maximum Gasteiger partial charge on any atom is 0.500 e. The highest BCUT2D eigenvalue weighted by Gasteiger charge is 2.40. The van der Waals surface area contributed by atoms with E-state index in [0.29, 0.717) is 45.4 Å². The normalized spacial score (nSPS) is 12.1. The van der Waals surface area contributed by atoms with Crippen LogP contribution in [-0.2, 0) is 41.9 Å². The molecule has 0 aromatic heterocycles. The zero-order valence-corrected chi connectivity index (χ0v) is 25.4. The largest absolute Gasteiger partial charge is 0.500 e. The van der Waals surface area contributed by atoms with Crippen molar-refractivity contribution in [2.75, 3.05) is 32.9 Å². The number of aliphatic carboxylic acids is 1. The van der Waals surface area contributed by atoms with Crippen molar-refractivity contribution in [3.8, 4) is 0 Å². The lowest BCUT2D eigenvalue weighted by Crippen LogP contribution is -2.46. The molecule has 0 heterocycles. The molecule has 0 bridgehead atoms. The van der Waals surface area contributed by atoms with E-state index in [2.05, 4.69) is 13.2 Å². The second-order valence-corrected chi connectivity index (χ2v) is 11.7. The lowest BCUT2D eigenvalue weighted by atomic mass is 9.97. The lowest BCUT2D eigenvalue weighted by Gasteiger charge is -2.29. The first-order valence-electron chi connectivity index (χ1n) is 13.5. The van der Waals surface area contributed by atoms with Crippen LogP contribution in [0.4, 0.5) is 0 Å². The number of hydrogen-bond acceptors (Lipinski definition) is 9. The molecule has 11 nitrogen and oxygen atoms in total. The topological polar surface area (TPSA) is 138 Å². The van der Waals surface area contributed by atoms with Gasteiger partial charge in [-0.15, -0.1) is 0 Å². The Labute approximate surface area is 233 Å². The van der Waals surface area contributed by atoms with Crippen LogP contribution in [-0.4, -0.2) is 81.8 Å². The molecule has 0 aromatic carbocycles. The lowest BCUT2D eigenvalue weighted by molar-refractivity contribution is -0.183. The number of carbonyl (C=O) groups is 4. The Morgan fingerprint density at radius 1 is 0.821 bits per heavy atom. The highest BCUT2D eigenvalue weighted by Crippen LogP contribution is 2.21. The molecule has 0 rings (SSSR count). The fraction of sp³-hybridized carbons (Fsp3) is 0.704. The Bertz CT molecular complexity index is 786. The Kier molecular flexibility index (Phi) is 18.2. The molecule has 0 aliphatic heterocycles. The minimum Gasteiger partial charge on any atom is -0.481 e. The molecule has 0 fully saturated rings. The molecule has 1 atom stereocenters. The van der Waals surface area contributed by atoms with E-state index < -0.39 is 38.9 Å². The summed E-state index contributed by atoms with van der Waals surface area (Å²) in [5.41, 5.74) is 0.213. The van der Waals surface area contributed by atoms with Gasteiger partial charge in [-0.05, 0) is 60.8 Å². The minimum absolute atomic E-state index is 0.0253. The van der Waals surface area contributed by atoms with Gasteiger partial charge in [0.15, 0.2) is 0 Å². The van der Waals surface area contributed by atoms with Gasteiger partial charge in [-0.3, -0.25) is 9.59 Å². The fourth-order valence-electron chi connectivity index (χ4n) is 3.71. The summed E-state index contributed by atoms with van der Waals surface area (Å²) < 4.78 is 27.9. The predicted molar refractivity (Wildman–Crippen MR) is 148 cm³/mol. The summed E-state index contributed by atoms with van der Waals surface area (Å²) in [6.07, 6.45) is -0.601. The predicted octanol–water partition coefficient (Wildman–Crippen LogP) is 4.10. The number of carbonyl (C=O) groups excluding carboxylic acids is 3. The van der Waals surface area contributed by atoms with E-state index in [1.54, 1.807) is 4.90 Å². The minimum atomic E-state index is -2.82. The molecule has 1 N–H and O–H groups in total. The van der Waals surface area contributed by atoms with Crippen molar-refractivity contribution < 1.29 is 47.0 Å². The third-order valence-corrected chi connectivity index (χ3v) is 8.87. The molecule has 0 saturated carbocycles. The summed E-state index contributed by atoms with van der Waals surface area (Å²) in [6.45, 7) is 19.7. The van der Waals surface area contributed by atoms with Crippen molar-refractivity contribution in [1.82, 2.24) is 4.90 Å². The average Bonchev–Trinajstić information content (AvgIpc) is 2.86. The number of hydrogen-bond donors (Lipinski definition) is 1. The van der Waals surface area contributed by atoms with Crippen molar-refractivity contribution in [2.45, 2.75) is 86.0 Å². The quantitative estimate of drug-likeness (QED) is 0.0872. The van der Waals surface area contributed by atoms with Crippen molar-refractivity contribution in [3.05, 3.63) is 24.3 Å². The molecule has 0 saturated heterocycles. The number of ether oxygens (including phenoxy) is 2. The first-order valence-corrected chi connectivity index (χ1v) is 15.4. The molecule has 12 heteroatoms. The van der Waals surface area contributed by atoms with Crippen LogP contribution < -0.4 is 0 Å². The zero-order valence-electron chi connectivity index (χ0n) is 24.4. The van der Waals surface area contributed by atoms with Crippen LogP contribution >= 0.6 is 0 Å². The van der Waals surface area contributed by atoms with Gasteiger partial charge < -0.3 is 32.8 Å². The van der Waals surface area contributed by atoms with Crippen LogP contribution in [0.15, 0.2) is 24.3 Å². The first-order chi connectivity index (χ1) is 18.4. The maximum atomic E-state index is 12.9. The summed E-state index contributed by atoms with van der Waals surface area (Å²) >= 11 is 0. The van der Waals surface area contributed by atoms with E-state index in [1.807, 2.05) is 27.7 Å². The first kappa shape index (κ1) is 36.5. The third kappa shape index (κ3) is 14.4. The number of nitrogens with zero attached hydrogens (tertiary/aromatic N) is 1. The molecule has 39 heavy (non-hydrogen) atoms. The zero-order chi connectivity index (χ0) is 30.0. The fourth-order valence-corrected chi connectivity index (χ4v) is 6.31. The maximum absolute atomic E-state index is 12.9. The summed E-state index contributed by atoms with van der Waals surface area (Å²) in [7, 11) is -2.82. The van der Waals surface area contributed by atoms with Gasteiger partial charge in [0.2, 0.25) is 12.2 Å². The summed E-state index contributed by atoms with van der Waals surface area (Å²) in [5, 5.41) is 9.71. The van der Waals surface area contributed by atoms with E-state index >= 15 is 0 Å². The molecular weight excluding hydrogens is 526 g/mol. The number of amides is 1. The van der Waals surface area contributed by atoms with E-state index in [-0.39, 0.29) is 42.7 Å². The van der Waals surface area contributed by atoms with E-state index in [9.17, 15) is 24.3 Å². The number of carboxylic acids is 1. The van der Waals surface area contributed by atoms with Crippen LogP contribution in [0.2, 0.25) is 6.04 Å². The van der Waals surface area contributed by atoms with Gasteiger partial charge in [-0.1, -0.05) is 13.2 Å². The molecule has 0 radical (unpaired) electrons. The summed E-state index contributed by atoms with van der Waals surface area (Å²) in [4.78, 5) is 50.3. The van der Waals surface area contributed by atoms with Crippen molar-refractivity contribution >= 4 is 32.6 Å². The van der Waals surface area contributed by atoms with Crippen LogP contribution in [0.1, 0.15) is 73.6 Å². The summed E-state index contributed by atoms with van der Waals surface area (Å²) in [6, 6.07) is 0.567. The molecule has 0 spiro atoms. The summed E-state index contributed by atoms with van der Waals surface area (Å²) in [5.74, 6) is -3.70.